The second kappa shape index (κ2) is 6.83. The molecule has 1 aliphatic heterocycles. The third kappa shape index (κ3) is 4.20. The van der Waals surface area contributed by atoms with Crippen LogP contribution in [0, 0.1) is 0 Å². The van der Waals surface area contributed by atoms with E-state index in [-0.39, 0.29) is 0 Å². The van der Waals surface area contributed by atoms with E-state index in [0.29, 0.717) is 18.4 Å². The third-order valence-corrected chi connectivity index (χ3v) is 3.22. The van der Waals surface area contributed by atoms with Crippen LogP contribution in [-0.4, -0.2) is 29.9 Å². The van der Waals surface area contributed by atoms with Gasteiger partial charge in [0.1, 0.15) is 0 Å². The Morgan fingerprint density at radius 1 is 1.33 bits per heavy atom. The molecule has 1 heterocycles. The summed E-state index contributed by atoms with van der Waals surface area (Å²) in [5.41, 5.74) is 5.41. The number of piperidine rings is 1. The Balaban J connectivity index is 2.20. The lowest BCUT2D eigenvalue weighted by atomic mass is 10.0. The van der Waals surface area contributed by atoms with Crippen LogP contribution in [0.3, 0.4) is 0 Å². The molecule has 0 saturated carbocycles. The summed E-state index contributed by atoms with van der Waals surface area (Å²) in [6.07, 6.45) is 7.47. The van der Waals surface area contributed by atoms with Crippen molar-refractivity contribution in [3.8, 4) is 0 Å². The van der Waals surface area contributed by atoms with E-state index in [2.05, 4.69) is 11.8 Å². The number of amides is 1. The van der Waals surface area contributed by atoms with Crippen LogP contribution >= 0.6 is 0 Å². The highest BCUT2D eigenvalue weighted by Crippen LogP contribution is 2.18. The fraction of sp³-hybridized carbons (Fsp3) is 0.917. The molecule has 0 aromatic carbocycles. The van der Waals surface area contributed by atoms with Crippen LogP contribution in [0.5, 0.6) is 0 Å². The number of carbonyl (C=O) groups is 1. The summed E-state index contributed by atoms with van der Waals surface area (Å²) < 4.78 is 0. The van der Waals surface area contributed by atoms with Crippen molar-refractivity contribution in [2.45, 2.75) is 57.9 Å². The number of likely N-dealkylation sites (tertiary alicyclic amines) is 1. The zero-order valence-corrected chi connectivity index (χ0v) is 9.87. The molecule has 0 bridgehead atoms. The number of hydrogen-bond donors (Lipinski definition) is 1. The summed E-state index contributed by atoms with van der Waals surface area (Å²) in [4.78, 5) is 13.9. The molecular formula is C12H24N2O. The van der Waals surface area contributed by atoms with E-state index in [0.717, 1.165) is 32.4 Å². The average Bonchev–Trinajstić information content (AvgIpc) is 2.25. The standard InChI is InChI=1S/C12H24N2O/c1-11-7-4-6-10-14(11)12(15)8-3-2-5-9-13/h11H,2-10,13H2,1H3. The topological polar surface area (TPSA) is 46.3 Å². The molecule has 0 aliphatic carbocycles. The van der Waals surface area contributed by atoms with E-state index in [1.165, 1.54) is 19.3 Å². The number of nitrogens with two attached hydrogens (primary N) is 1. The molecule has 2 N–H and O–H groups in total. The summed E-state index contributed by atoms with van der Waals surface area (Å²) in [6, 6.07) is 0.459. The average molecular weight is 212 g/mol. The fourth-order valence-corrected chi connectivity index (χ4v) is 2.21. The summed E-state index contributed by atoms with van der Waals surface area (Å²) in [5.74, 6) is 0.347. The Hall–Kier alpha value is -0.570. The fourth-order valence-electron chi connectivity index (χ4n) is 2.21. The largest absolute Gasteiger partial charge is 0.340 e. The van der Waals surface area contributed by atoms with Crippen molar-refractivity contribution in [3.63, 3.8) is 0 Å². The molecule has 1 amide bonds. The van der Waals surface area contributed by atoms with Gasteiger partial charge in [-0.3, -0.25) is 4.79 Å². The van der Waals surface area contributed by atoms with Gasteiger partial charge >= 0.3 is 0 Å². The molecule has 15 heavy (non-hydrogen) atoms. The van der Waals surface area contributed by atoms with Gasteiger partial charge in [-0.15, -0.1) is 0 Å². The molecule has 1 aliphatic rings. The minimum absolute atomic E-state index is 0.347. The van der Waals surface area contributed by atoms with Crippen LogP contribution in [-0.2, 0) is 4.79 Å². The predicted molar refractivity (Wildman–Crippen MR) is 62.5 cm³/mol. The van der Waals surface area contributed by atoms with Crippen LogP contribution in [0.1, 0.15) is 51.9 Å². The smallest absolute Gasteiger partial charge is 0.222 e. The Morgan fingerprint density at radius 3 is 2.80 bits per heavy atom. The maximum absolute atomic E-state index is 11.9. The van der Waals surface area contributed by atoms with Gasteiger partial charge < -0.3 is 10.6 Å². The number of carbonyl (C=O) groups excluding carboxylic acids is 1. The highest BCUT2D eigenvalue weighted by atomic mass is 16.2. The number of nitrogens with zero attached hydrogens (tertiary/aromatic N) is 1. The SMILES string of the molecule is CC1CCCCN1C(=O)CCCCCN. The quantitative estimate of drug-likeness (QED) is 0.708. The molecule has 1 atom stereocenters. The van der Waals surface area contributed by atoms with Gasteiger partial charge in [-0.1, -0.05) is 6.42 Å². The molecule has 88 valence electrons. The highest BCUT2D eigenvalue weighted by molar-refractivity contribution is 5.76. The van der Waals surface area contributed by atoms with E-state index < -0.39 is 0 Å². The monoisotopic (exact) mass is 212 g/mol. The van der Waals surface area contributed by atoms with Crippen molar-refractivity contribution in [1.82, 2.24) is 4.90 Å². The van der Waals surface area contributed by atoms with Crippen molar-refractivity contribution in [1.29, 1.82) is 0 Å². The molecule has 0 spiro atoms. The van der Waals surface area contributed by atoms with Crippen molar-refractivity contribution in [2.24, 2.45) is 5.73 Å². The second-order valence-corrected chi connectivity index (χ2v) is 4.53. The first-order chi connectivity index (χ1) is 7.25. The van der Waals surface area contributed by atoms with Gasteiger partial charge in [0.25, 0.3) is 0 Å². The van der Waals surface area contributed by atoms with Crippen LogP contribution in [0.2, 0.25) is 0 Å². The summed E-state index contributed by atoms with van der Waals surface area (Å²) >= 11 is 0. The van der Waals surface area contributed by atoms with E-state index >= 15 is 0 Å². The second-order valence-electron chi connectivity index (χ2n) is 4.53. The minimum atomic E-state index is 0.347. The lowest BCUT2D eigenvalue weighted by Gasteiger charge is -2.33. The molecule has 1 fully saturated rings. The van der Waals surface area contributed by atoms with Crippen molar-refractivity contribution in [3.05, 3.63) is 0 Å². The van der Waals surface area contributed by atoms with Crippen molar-refractivity contribution in [2.75, 3.05) is 13.1 Å². The Kier molecular flexibility index (Phi) is 5.69. The molecule has 1 rings (SSSR count). The van der Waals surface area contributed by atoms with Crippen molar-refractivity contribution < 1.29 is 4.79 Å². The lowest BCUT2D eigenvalue weighted by molar-refractivity contribution is -0.134. The molecule has 0 aromatic rings. The van der Waals surface area contributed by atoms with Gasteiger partial charge in [0.05, 0.1) is 0 Å². The zero-order chi connectivity index (χ0) is 11.1. The summed E-state index contributed by atoms with van der Waals surface area (Å²) in [5, 5.41) is 0. The predicted octanol–water partition coefficient (Wildman–Crippen LogP) is 1.91. The number of unbranched alkanes of at least 4 members (excludes halogenated alkanes) is 2. The molecular weight excluding hydrogens is 188 g/mol. The summed E-state index contributed by atoms with van der Waals surface area (Å²) in [7, 11) is 0. The Labute approximate surface area is 93.0 Å². The molecule has 1 unspecified atom stereocenters. The zero-order valence-electron chi connectivity index (χ0n) is 9.87. The molecule has 3 heteroatoms. The van der Waals surface area contributed by atoms with E-state index in [1.807, 2.05) is 0 Å². The van der Waals surface area contributed by atoms with Crippen LogP contribution in [0.25, 0.3) is 0 Å². The maximum atomic E-state index is 11.9. The van der Waals surface area contributed by atoms with Gasteiger partial charge in [0.15, 0.2) is 0 Å². The first-order valence-corrected chi connectivity index (χ1v) is 6.25. The van der Waals surface area contributed by atoms with Gasteiger partial charge in [0.2, 0.25) is 5.91 Å². The first-order valence-electron chi connectivity index (χ1n) is 6.25. The third-order valence-electron chi connectivity index (χ3n) is 3.22. The van der Waals surface area contributed by atoms with Crippen LogP contribution in [0.15, 0.2) is 0 Å². The van der Waals surface area contributed by atoms with Crippen molar-refractivity contribution >= 4 is 5.91 Å². The molecule has 0 radical (unpaired) electrons. The number of rotatable bonds is 5. The minimum Gasteiger partial charge on any atom is -0.340 e. The maximum Gasteiger partial charge on any atom is 0.222 e. The first kappa shape index (κ1) is 12.5. The van der Waals surface area contributed by atoms with E-state index in [9.17, 15) is 4.79 Å². The normalized spacial score (nSPS) is 21.7. The van der Waals surface area contributed by atoms with Gasteiger partial charge in [-0.2, -0.15) is 0 Å². The van der Waals surface area contributed by atoms with E-state index in [4.69, 9.17) is 5.73 Å². The number of hydrogen-bond acceptors (Lipinski definition) is 2. The van der Waals surface area contributed by atoms with Crippen LogP contribution < -0.4 is 5.73 Å². The Bertz CT molecular complexity index is 194. The highest BCUT2D eigenvalue weighted by Gasteiger charge is 2.22. The lowest BCUT2D eigenvalue weighted by Crippen LogP contribution is -2.41. The van der Waals surface area contributed by atoms with Gasteiger partial charge in [-0.25, -0.2) is 0 Å². The summed E-state index contributed by atoms with van der Waals surface area (Å²) in [6.45, 7) is 3.88. The molecule has 0 aromatic heterocycles. The van der Waals surface area contributed by atoms with E-state index in [1.54, 1.807) is 0 Å². The van der Waals surface area contributed by atoms with Crippen LogP contribution in [0.4, 0.5) is 0 Å². The molecule has 1 saturated heterocycles. The van der Waals surface area contributed by atoms with Gasteiger partial charge in [0, 0.05) is 19.0 Å². The van der Waals surface area contributed by atoms with Gasteiger partial charge in [-0.05, 0) is 45.6 Å². The Morgan fingerprint density at radius 2 is 2.13 bits per heavy atom. The molecule has 3 nitrogen and oxygen atoms in total.